The fraction of sp³-hybridized carbons (Fsp3) is 0.524. The first-order valence-electron chi connectivity index (χ1n) is 9.85. The summed E-state index contributed by atoms with van der Waals surface area (Å²) >= 11 is 0. The Bertz CT molecular complexity index is 791. The van der Waals surface area contributed by atoms with E-state index < -0.39 is 0 Å². The number of carbonyl (C=O) groups excluding carboxylic acids is 1. The van der Waals surface area contributed by atoms with Crippen LogP contribution in [0.1, 0.15) is 47.1 Å². The van der Waals surface area contributed by atoms with Crippen LogP contribution in [0.25, 0.3) is 0 Å². The molecule has 2 aliphatic rings. The Morgan fingerprint density at radius 3 is 2.56 bits per heavy atom. The molecular formula is C21H28N4O2. The minimum absolute atomic E-state index is 0.0241. The van der Waals surface area contributed by atoms with Gasteiger partial charge in [-0.15, -0.1) is 0 Å². The summed E-state index contributed by atoms with van der Waals surface area (Å²) in [5, 5.41) is 4.56. The molecule has 0 saturated carbocycles. The monoisotopic (exact) mass is 368 g/mol. The molecule has 27 heavy (non-hydrogen) atoms. The van der Waals surface area contributed by atoms with E-state index in [1.165, 1.54) is 11.1 Å². The highest BCUT2D eigenvalue weighted by Crippen LogP contribution is 2.19. The maximum atomic E-state index is 12.7. The van der Waals surface area contributed by atoms with E-state index in [1.54, 1.807) is 0 Å². The van der Waals surface area contributed by atoms with Crippen molar-refractivity contribution in [2.75, 3.05) is 32.8 Å². The van der Waals surface area contributed by atoms with Crippen LogP contribution in [0, 0.1) is 0 Å². The average molecular weight is 368 g/mol. The van der Waals surface area contributed by atoms with Crippen molar-refractivity contribution in [3.63, 3.8) is 0 Å². The fourth-order valence-electron chi connectivity index (χ4n) is 3.75. The van der Waals surface area contributed by atoms with E-state index in [0.29, 0.717) is 37.9 Å². The van der Waals surface area contributed by atoms with Crippen LogP contribution >= 0.6 is 0 Å². The Balaban J connectivity index is 1.41. The molecule has 3 heterocycles. The molecule has 0 aliphatic carbocycles. The van der Waals surface area contributed by atoms with Gasteiger partial charge in [0.15, 0.2) is 5.69 Å². The third kappa shape index (κ3) is 4.06. The van der Waals surface area contributed by atoms with Crippen LogP contribution in [0.15, 0.2) is 30.3 Å². The summed E-state index contributed by atoms with van der Waals surface area (Å²) in [4.78, 5) is 16.9. The van der Waals surface area contributed by atoms with E-state index in [4.69, 9.17) is 4.74 Å². The van der Waals surface area contributed by atoms with Crippen LogP contribution in [0.3, 0.4) is 0 Å². The lowest BCUT2D eigenvalue weighted by Gasteiger charge is -2.27. The molecule has 0 bridgehead atoms. The van der Waals surface area contributed by atoms with Gasteiger partial charge in [-0.05, 0) is 23.1 Å². The summed E-state index contributed by atoms with van der Waals surface area (Å²) in [5.74, 6) is 0.585. The summed E-state index contributed by atoms with van der Waals surface area (Å²) in [6, 6.07) is 10.9. The molecule has 2 aliphatic heterocycles. The quantitative estimate of drug-likeness (QED) is 0.832. The van der Waals surface area contributed by atoms with Gasteiger partial charge in [-0.25, -0.2) is 0 Å². The largest absolute Gasteiger partial charge is 0.378 e. The van der Waals surface area contributed by atoms with E-state index >= 15 is 0 Å². The number of hydrogen-bond acceptors (Lipinski definition) is 4. The zero-order valence-corrected chi connectivity index (χ0v) is 16.2. The van der Waals surface area contributed by atoms with Gasteiger partial charge in [0.05, 0.1) is 25.5 Å². The van der Waals surface area contributed by atoms with Gasteiger partial charge >= 0.3 is 0 Å². The fourth-order valence-corrected chi connectivity index (χ4v) is 3.75. The van der Waals surface area contributed by atoms with Gasteiger partial charge in [-0.3, -0.25) is 14.4 Å². The van der Waals surface area contributed by atoms with Gasteiger partial charge < -0.3 is 9.64 Å². The molecule has 1 fully saturated rings. The summed E-state index contributed by atoms with van der Waals surface area (Å²) in [7, 11) is 0. The molecular weight excluding hydrogens is 340 g/mol. The van der Waals surface area contributed by atoms with Gasteiger partial charge in [0, 0.05) is 32.7 Å². The van der Waals surface area contributed by atoms with E-state index in [-0.39, 0.29) is 5.91 Å². The minimum Gasteiger partial charge on any atom is -0.378 e. The van der Waals surface area contributed by atoms with Crippen LogP contribution in [0.4, 0.5) is 0 Å². The number of ether oxygens (including phenoxy) is 1. The van der Waals surface area contributed by atoms with Crippen molar-refractivity contribution in [1.82, 2.24) is 19.6 Å². The SMILES string of the molecule is CC(C)c1ccc(CN2CCn3nc(C(=O)N4CCOCC4)cc3C2)cc1. The summed E-state index contributed by atoms with van der Waals surface area (Å²) in [6.07, 6.45) is 0. The van der Waals surface area contributed by atoms with Crippen molar-refractivity contribution in [3.8, 4) is 0 Å². The molecule has 0 N–H and O–H groups in total. The third-order valence-electron chi connectivity index (χ3n) is 5.45. The molecule has 1 saturated heterocycles. The minimum atomic E-state index is 0.0241. The molecule has 6 heteroatoms. The Labute approximate surface area is 160 Å². The maximum Gasteiger partial charge on any atom is 0.274 e. The number of morpholine rings is 1. The second-order valence-corrected chi connectivity index (χ2v) is 7.76. The average Bonchev–Trinajstić information content (AvgIpc) is 3.12. The van der Waals surface area contributed by atoms with Gasteiger partial charge in [0.25, 0.3) is 5.91 Å². The van der Waals surface area contributed by atoms with Crippen LogP contribution in [0.5, 0.6) is 0 Å². The van der Waals surface area contributed by atoms with Gasteiger partial charge in [-0.2, -0.15) is 5.10 Å². The Morgan fingerprint density at radius 2 is 1.85 bits per heavy atom. The molecule has 1 amide bonds. The highest BCUT2D eigenvalue weighted by Gasteiger charge is 2.25. The zero-order chi connectivity index (χ0) is 18.8. The number of carbonyl (C=O) groups is 1. The number of hydrogen-bond donors (Lipinski definition) is 0. The van der Waals surface area contributed by atoms with Crippen molar-refractivity contribution in [3.05, 3.63) is 52.8 Å². The molecule has 144 valence electrons. The number of fused-ring (bicyclic) bond motifs is 1. The maximum absolute atomic E-state index is 12.7. The highest BCUT2D eigenvalue weighted by molar-refractivity contribution is 5.92. The van der Waals surface area contributed by atoms with Crippen LogP contribution in [-0.4, -0.2) is 58.3 Å². The zero-order valence-electron chi connectivity index (χ0n) is 16.2. The molecule has 6 nitrogen and oxygen atoms in total. The molecule has 0 unspecified atom stereocenters. The first-order valence-corrected chi connectivity index (χ1v) is 9.85. The normalized spacial score (nSPS) is 18.0. The van der Waals surface area contributed by atoms with Crippen molar-refractivity contribution in [2.24, 2.45) is 0 Å². The second-order valence-electron chi connectivity index (χ2n) is 7.76. The molecule has 0 radical (unpaired) electrons. The number of amides is 1. The van der Waals surface area contributed by atoms with E-state index in [1.807, 2.05) is 15.6 Å². The predicted molar refractivity (Wildman–Crippen MR) is 104 cm³/mol. The van der Waals surface area contributed by atoms with E-state index in [9.17, 15) is 4.79 Å². The molecule has 0 atom stereocenters. The van der Waals surface area contributed by atoms with Crippen molar-refractivity contribution >= 4 is 5.91 Å². The first kappa shape index (κ1) is 18.2. The highest BCUT2D eigenvalue weighted by atomic mass is 16.5. The molecule has 2 aromatic rings. The third-order valence-corrected chi connectivity index (χ3v) is 5.45. The Hall–Kier alpha value is -2.18. The number of aromatic nitrogens is 2. The van der Waals surface area contributed by atoms with Gasteiger partial charge in [-0.1, -0.05) is 38.1 Å². The summed E-state index contributed by atoms with van der Waals surface area (Å²) in [5.41, 5.74) is 4.39. The lowest BCUT2D eigenvalue weighted by molar-refractivity contribution is 0.0298. The van der Waals surface area contributed by atoms with E-state index in [0.717, 1.165) is 31.9 Å². The Morgan fingerprint density at radius 1 is 1.11 bits per heavy atom. The number of nitrogens with zero attached hydrogens (tertiary/aromatic N) is 4. The second kappa shape index (κ2) is 7.82. The number of rotatable bonds is 4. The number of benzene rings is 1. The molecule has 0 spiro atoms. The predicted octanol–water partition coefficient (Wildman–Crippen LogP) is 2.49. The Kier molecular flexibility index (Phi) is 5.27. The van der Waals surface area contributed by atoms with Crippen molar-refractivity contribution in [2.45, 2.75) is 39.4 Å². The summed E-state index contributed by atoms with van der Waals surface area (Å²) in [6.45, 7) is 10.5. The van der Waals surface area contributed by atoms with Crippen LogP contribution < -0.4 is 0 Å². The lowest BCUT2D eigenvalue weighted by atomic mass is 10.0. The van der Waals surface area contributed by atoms with Crippen molar-refractivity contribution < 1.29 is 9.53 Å². The van der Waals surface area contributed by atoms with Gasteiger partial charge in [0.2, 0.25) is 0 Å². The van der Waals surface area contributed by atoms with Crippen LogP contribution in [0.2, 0.25) is 0 Å². The smallest absolute Gasteiger partial charge is 0.274 e. The first-order chi connectivity index (χ1) is 13.1. The van der Waals surface area contributed by atoms with E-state index in [2.05, 4.69) is 48.1 Å². The standard InChI is InChI=1S/C21H28N4O2/c1-16(2)18-5-3-17(4-6-18)14-23-7-8-25-19(15-23)13-20(22-25)21(26)24-9-11-27-12-10-24/h3-6,13,16H,7-12,14-15H2,1-2H3. The molecule has 1 aromatic carbocycles. The van der Waals surface area contributed by atoms with Crippen LogP contribution in [-0.2, 0) is 24.4 Å². The molecule has 4 rings (SSSR count). The van der Waals surface area contributed by atoms with Crippen molar-refractivity contribution in [1.29, 1.82) is 0 Å². The topological polar surface area (TPSA) is 50.6 Å². The summed E-state index contributed by atoms with van der Waals surface area (Å²) < 4.78 is 7.32. The lowest BCUT2D eigenvalue weighted by Crippen LogP contribution is -2.40. The van der Waals surface area contributed by atoms with Gasteiger partial charge in [0.1, 0.15) is 0 Å². The molecule has 1 aromatic heterocycles.